The normalized spacial score (nSPS) is 16.1. The van der Waals surface area contributed by atoms with Gasteiger partial charge in [0.15, 0.2) is 0 Å². The average Bonchev–Trinajstić information content (AvgIpc) is 3.81. The van der Waals surface area contributed by atoms with Crippen molar-refractivity contribution in [1.82, 2.24) is 25.1 Å². The van der Waals surface area contributed by atoms with Crippen LogP contribution in [0.2, 0.25) is 0 Å². The number of rotatable bonds is 11. The molecule has 0 unspecified atom stereocenters. The van der Waals surface area contributed by atoms with Gasteiger partial charge >= 0.3 is 29.2 Å². The average molecular weight is 898 g/mol. The van der Waals surface area contributed by atoms with E-state index in [4.69, 9.17) is 24.5 Å². The molecule has 0 saturated carbocycles. The van der Waals surface area contributed by atoms with Gasteiger partial charge in [-0.1, -0.05) is 30.4 Å². The number of morpholine rings is 1. The fraction of sp³-hybridized carbons (Fsp3) is 0.486. The zero-order valence-corrected chi connectivity index (χ0v) is 33.5. The van der Waals surface area contributed by atoms with Crippen LogP contribution >= 0.6 is 22.7 Å². The quantitative estimate of drug-likeness (QED) is 0.0818. The van der Waals surface area contributed by atoms with Crippen LogP contribution in [0.25, 0.3) is 10.2 Å². The van der Waals surface area contributed by atoms with Crippen LogP contribution < -0.4 is 10.2 Å². The first-order valence-electron chi connectivity index (χ1n) is 18.3. The van der Waals surface area contributed by atoms with Gasteiger partial charge in [-0.05, 0) is 68.0 Å². The SMILES string of the molecule is CCCc1nc(C(=O)N2CCOC3(CCN(Cc4cc(F)cc(CCNC[C@H](O)c5ccc(O)c6[nH]c(=O)sc56)c4)CC3)C2)cs1.O=C(O)C(F)(F)F.O=C(O)C(F)(F)F. The fourth-order valence-electron chi connectivity index (χ4n) is 6.43. The maximum absolute atomic E-state index is 14.6. The molecule has 2 aromatic heterocycles. The molecule has 2 aromatic carbocycles. The standard InChI is InChI=1S/C33H40FN5O5S2.2C2HF3O2/c1-2-3-28-36-25(19-45-28)31(42)39-12-13-44-33(20-39)7-10-38(11-8-33)18-22-14-21(15-23(34)16-22)6-9-35-17-27(41)24-4-5-26(40)29-30(24)46-32(43)37-29;2*3-2(4,5)1(6)7/h4-5,14-16,19,27,35,40-41H,2-3,6-13,17-18,20H2,1H3,(H,37,43);2*(H,6,7)/t27-;;/m0../s1. The van der Waals surface area contributed by atoms with E-state index in [0.717, 1.165) is 66.2 Å². The highest BCUT2D eigenvalue weighted by atomic mass is 32.1. The Balaban J connectivity index is 0.000000488. The van der Waals surface area contributed by atoms with Crippen LogP contribution in [0.4, 0.5) is 30.7 Å². The van der Waals surface area contributed by atoms with E-state index in [-0.39, 0.29) is 34.5 Å². The number of aromatic hydroxyl groups is 1. The van der Waals surface area contributed by atoms with Crippen LogP contribution in [-0.2, 0) is 33.7 Å². The number of alkyl halides is 6. The van der Waals surface area contributed by atoms with Crippen LogP contribution in [0.15, 0.2) is 40.5 Å². The van der Waals surface area contributed by atoms with Crippen molar-refractivity contribution in [2.24, 2.45) is 0 Å². The predicted octanol–water partition coefficient (Wildman–Crippen LogP) is 5.48. The highest BCUT2D eigenvalue weighted by Crippen LogP contribution is 2.33. The van der Waals surface area contributed by atoms with Crippen molar-refractivity contribution in [1.29, 1.82) is 0 Å². The molecule has 0 aliphatic carbocycles. The van der Waals surface area contributed by atoms with Gasteiger partial charge < -0.3 is 40.4 Å². The Bertz CT molecular complexity index is 2130. The van der Waals surface area contributed by atoms with Gasteiger partial charge in [0.25, 0.3) is 5.91 Å². The third kappa shape index (κ3) is 13.7. The summed E-state index contributed by atoms with van der Waals surface area (Å²) in [7, 11) is 0. The number of ether oxygens (including phenoxy) is 1. The lowest BCUT2D eigenvalue weighted by molar-refractivity contribution is -0.193. The van der Waals surface area contributed by atoms with Crippen LogP contribution in [0, 0.1) is 5.82 Å². The highest BCUT2D eigenvalue weighted by Gasteiger charge is 2.42. The zero-order chi connectivity index (χ0) is 44.4. The smallest absolute Gasteiger partial charge is 0.490 e. The maximum Gasteiger partial charge on any atom is 0.490 e. The Kier molecular flexibility index (Phi) is 16.6. The first-order valence-corrected chi connectivity index (χ1v) is 20.0. The Morgan fingerprint density at radius 2 is 1.63 bits per heavy atom. The summed E-state index contributed by atoms with van der Waals surface area (Å²) in [6.07, 6.45) is -6.96. The number of thiazole rings is 2. The fourth-order valence-corrected chi connectivity index (χ4v) is 8.23. The van der Waals surface area contributed by atoms with Gasteiger partial charge in [0.05, 0.1) is 34.6 Å². The number of carbonyl (C=O) groups is 3. The second kappa shape index (κ2) is 20.7. The molecule has 4 aromatic rings. The van der Waals surface area contributed by atoms with E-state index in [1.54, 1.807) is 29.5 Å². The van der Waals surface area contributed by atoms with Crippen molar-refractivity contribution < 1.29 is 70.3 Å². The molecular formula is C37H42F7N5O9S2. The van der Waals surface area contributed by atoms with Gasteiger partial charge in [-0.3, -0.25) is 14.5 Å². The number of hydrogen-bond acceptors (Lipinski definition) is 12. The van der Waals surface area contributed by atoms with Gasteiger partial charge in [-0.15, -0.1) is 11.3 Å². The van der Waals surface area contributed by atoms with Crippen molar-refractivity contribution >= 4 is 50.7 Å². The molecule has 1 amide bonds. The number of halogens is 7. The number of aromatic amines is 1. The van der Waals surface area contributed by atoms with Crippen LogP contribution in [0.5, 0.6) is 5.75 Å². The minimum Gasteiger partial charge on any atom is -0.506 e. The number of H-pyrrole nitrogens is 1. The number of amides is 1. The molecule has 4 heterocycles. The minimum absolute atomic E-state index is 0.0170. The lowest BCUT2D eigenvalue weighted by Crippen LogP contribution is -2.58. The number of aliphatic carboxylic acids is 2. The van der Waals surface area contributed by atoms with Gasteiger partial charge in [0.1, 0.15) is 22.8 Å². The van der Waals surface area contributed by atoms with Crippen LogP contribution in [0.3, 0.4) is 0 Å². The van der Waals surface area contributed by atoms with E-state index in [0.29, 0.717) is 60.7 Å². The third-order valence-electron chi connectivity index (χ3n) is 9.32. The van der Waals surface area contributed by atoms with Gasteiger partial charge in [0, 0.05) is 43.7 Å². The van der Waals surface area contributed by atoms with Crippen molar-refractivity contribution in [2.45, 2.75) is 69.6 Å². The van der Waals surface area contributed by atoms with Crippen molar-refractivity contribution in [3.05, 3.63) is 78.6 Å². The number of carboxylic acids is 2. The lowest BCUT2D eigenvalue weighted by Gasteiger charge is -2.47. The molecule has 0 bridgehead atoms. The highest BCUT2D eigenvalue weighted by molar-refractivity contribution is 7.16. The van der Waals surface area contributed by atoms with Crippen molar-refractivity contribution in [2.75, 3.05) is 45.9 Å². The van der Waals surface area contributed by atoms with Crippen molar-refractivity contribution in [3.8, 4) is 5.75 Å². The summed E-state index contributed by atoms with van der Waals surface area (Å²) in [4.78, 5) is 53.8. The van der Waals surface area contributed by atoms with Gasteiger partial charge in [-0.25, -0.2) is 19.0 Å². The third-order valence-corrected chi connectivity index (χ3v) is 11.2. The molecular weight excluding hydrogens is 856 g/mol. The first-order chi connectivity index (χ1) is 28.1. The lowest BCUT2D eigenvalue weighted by atomic mass is 9.89. The predicted molar refractivity (Wildman–Crippen MR) is 205 cm³/mol. The summed E-state index contributed by atoms with van der Waals surface area (Å²) in [6.45, 7) is 6.76. The second-order valence-corrected chi connectivity index (χ2v) is 15.8. The largest absolute Gasteiger partial charge is 0.506 e. The monoisotopic (exact) mass is 897 g/mol. The number of carboxylic acid groups (broad SMARTS) is 2. The Morgan fingerprint density at radius 1 is 1.00 bits per heavy atom. The number of piperidine rings is 1. The molecule has 60 heavy (non-hydrogen) atoms. The number of likely N-dealkylation sites (tertiary alicyclic amines) is 1. The number of carbonyl (C=O) groups excluding carboxylic acids is 1. The molecule has 2 aliphatic heterocycles. The molecule has 330 valence electrons. The summed E-state index contributed by atoms with van der Waals surface area (Å²) in [6, 6.07) is 8.25. The van der Waals surface area contributed by atoms with Crippen LogP contribution in [0.1, 0.15) is 64.5 Å². The number of benzene rings is 2. The molecule has 2 saturated heterocycles. The maximum atomic E-state index is 14.6. The molecule has 1 spiro atoms. The molecule has 2 fully saturated rings. The van der Waals surface area contributed by atoms with Gasteiger partial charge in [-0.2, -0.15) is 26.3 Å². The number of aryl methyl sites for hydroxylation is 1. The molecule has 23 heteroatoms. The summed E-state index contributed by atoms with van der Waals surface area (Å²) < 4.78 is 84.9. The number of nitrogens with zero attached hydrogens (tertiary/aromatic N) is 3. The topological polar surface area (TPSA) is 206 Å². The number of fused-ring (bicyclic) bond motifs is 1. The summed E-state index contributed by atoms with van der Waals surface area (Å²) in [5.41, 5.74) is 2.85. The minimum atomic E-state index is -5.08. The molecule has 6 N–H and O–H groups in total. The molecule has 6 rings (SSSR count). The van der Waals surface area contributed by atoms with E-state index >= 15 is 0 Å². The Morgan fingerprint density at radius 3 is 2.25 bits per heavy atom. The van der Waals surface area contributed by atoms with Crippen LogP contribution in [-0.4, -0.2) is 122 Å². The van der Waals surface area contributed by atoms with E-state index in [9.17, 15) is 50.5 Å². The summed E-state index contributed by atoms with van der Waals surface area (Å²) in [5.74, 6) is -5.84. The number of hydrogen-bond donors (Lipinski definition) is 6. The summed E-state index contributed by atoms with van der Waals surface area (Å²) in [5, 5.41) is 41.1. The Hall–Kier alpha value is -4.68. The number of aliphatic hydroxyl groups excluding tert-OH is 1. The number of aliphatic hydroxyl groups is 1. The van der Waals surface area contributed by atoms with E-state index in [2.05, 4.69) is 27.1 Å². The second-order valence-electron chi connectivity index (χ2n) is 13.8. The van der Waals surface area contributed by atoms with E-state index in [1.165, 1.54) is 6.07 Å². The molecule has 0 radical (unpaired) electrons. The zero-order valence-electron chi connectivity index (χ0n) is 31.9. The number of aromatic nitrogens is 2. The molecule has 2 aliphatic rings. The number of phenolic OH excluding ortho intramolecular Hbond substituents is 1. The number of nitrogens with one attached hydrogen (secondary N) is 2. The number of phenols is 1. The van der Waals surface area contributed by atoms with Crippen molar-refractivity contribution in [3.63, 3.8) is 0 Å². The first kappa shape index (κ1) is 48.0. The van der Waals surface area contributed by atoms with E-state index < -0.39 is 30.4 Å². The molecule has 1 atom stereocenters. The van der Waals surface area contributed by atoms with Gasteiger partial charge in [0.2, 0.25) is 0 Å². The molecule has 14 nitrogen and oxygen atoms in total. The van der Waals surface area contributed by atoms with E-state index in [1.807, 2.05) is 16.3 Å². The Labute approximate surface area is 345 Å². The summed E-state index contributed by atoms with van der Waals surface area (Å²) >= 11 is 2.50.